The third-order valence-electron chi connectivity index (χ3n) is 4.07. The number of hydrogen-bond acceptors (Lipinski definition) is 5. The third-order valence-corrected chi connectivity index (χ3v) is 5.30. The molecule has 6 nitrogen and oxygen atoms in total. The Bertz CT molecular complexity index is 1100. The number of hydrogen-bond donors (Lipinski definition) is 1. The van der Waals surface area contributed by atoms with E-state index in [0.29, 0.717) is 5.69 Å². The Kier molecular flexibility index (Phi) is 3.58. The Morgan fingerprint density at radius 1 is 1.24 bits per heavy atom. The lowest BCUT2D eigenvalue weighted by Gasteiger charge is -2.02. The number of nitrogens with two attached hydrogens (primary N) is 1. The highest BCUT2D eigenvalue weighted by Crippen LogP contribution is 2.34. The van der Waals surface area contributed by atoms with E-state index < -0.39 is 5.91 Å². The van der Waals surface area contributed by atoms with Crippen LogP contribution in [0, 0.1) is 6.92 Å². The minimum Gasteiger partial charge on any atom is -0.364 e. The zero-order valence-electron chi connectivity index (χ0n) is 13.7. The topological polar surface area (TPSA) is 86.7 Å². The van der Waals surface area contributed by atoms with E-state index in [1.54, 1.807) is 41.4 Å². The molecule has 4 heterocycles. The Hall–Kier alpha value is -3.06. The van der Waals surface area contributed by atoms with Crippen LogP contribution in [0.15, 0.2) is 42.7 Å². The Morgan fingerprint density at radius 2 is 2.08 bits per heavy atom. The molecule has 1 amide bonds. The second-order valence-corrected chi connectivity index (χ2v) is 6.74. The maximum absolute atomic E-state index is 11.5. The van der Waals surface area contributed by atoms with E-state index in [0.717, 1.165) is 37.9 Å². The van der Waals surface area contributed by atoms with Gasteiger partial charge in [-0.3, -0.25) is 9.78 Å². The van der Waals surface area contributed by atoms with Gasteiger partial charge in [-0.05, 0) is 37.3 Å². The number of nitrogens with zero attached hydrogens (tertiary/aromatic N) is 4. The minimum absolute atomic E-state index is 0.441. The van der Waals surface area contributed by atoms with Gasteiger partial charge in [0.25, 0.3) is 5.91 Å². The summed E-state index contributed by atoms with van der Waals surface area (Å²) in [6.45, 7) is 1.97. The van der Waals surface area contributed by atoms with E-state index >= 15 is 0 Å². The van der Waals surface area contributed by atoms with Crippen LogP contribution in [0.3, 0.4) is 0 Å². The van der Waals surface area contributed by atoms with Crippen LogP contribution >= 0.6 is 11.3 Å². The molecule has 0 aromatic carbocycles. The lowest BCUT2D eigenvalue weighted by atomic mass is 10.2. The monoisotopic (exact) mass is 349 g/mol. The lowest BCUT2D eigenvalue weighted by molar-refractivity contribution is 0.0993. The zero-order chi connectivity index (χ0) is 17.6. The standard InChI is InChI=1S/C18H15N5OS/c1-10-15(25-18(21-10)12-4-3-7-20-9-12)13-6-5-11-8-14(16(19)24)23(2)17(11)22-13/h3-9H,1-2H3,(H2,19,24). The fourth-order valence-corrected chi connectivity index (χ4v) is 3.83. The number of thiazole rings is 1. The highest BCUT2D eigenvalue weighted by Gasteiger charge is 2.16. The largest absolute Gasteiger partial charge is 0.364 e. The first-order chi connectivity index (χ1) is 12.0. The van der Waals surface area contributed by atoms with Crippen molar-refractivity contribution in [2.24, 2.45) is 12.8 Å². The molecule has 0 bridgehead atoms. The number of aryl methyl sites for hydroxylation is 2. The summed E-state index contributed by atoms with van der Waals surface area (Å²) in [6.07, 6.45) is 3.54. The van der Waals surface area contributed by atoms with Gasteiger partial charge in [0.1, 0.15) is 16.3 Å². The van der Waals surface area contributed by atoms with Gasteiger partial charge in [0.05, 0.1) is 16.3 Å². The van der Waals surface area contributed by atoms with E-state index in [-0.39, 0.29) is 0 Å². The molecule has 0 radical (unpaired) electrons. The van der Waals surface area contributed by atoms with Gasteiger partial charge in [0, 0.05) is 30.4 Å². The number of carbonyl (C=O) groups excluding carboxylic acids is 1. The van der Waals surface area contributed by atoms with Crippen LogP contribution in [0.5, 0.6) is 0 Å². The van der Waals surface area contributed by atoms with Crippen LogP contribution < -0.4 is 5.73 Å². The molecule has 0 spiro atoms. The second kappa shape index (κ2) is 5.78. The molecule has 0 atom stereocenters. The van der Waals surface area contributed by atoms with Crippen LogP contribution in [0.2, 0.25) is 0 Å². The van der Waals surface area contributed by atoms with Crippen molar-refractivity contribution >= 4 is 28.3 Å². The molecule has 0 saturated heterocycles. The maximum Gasteiger partial charge on any atom is 0.265 e. The van der Waals surface area contributed by atoms with Crippen LogP contribution in [-0.2, 0) is 7.05 Å². The van der Waals surface area contributed by atoms with E-state index in [9.17, 15) is 4.79 Å². The van der Waals surface area contributed by atoms with E-state index in [1.165, 1.54) is 0 Å². The highest BCUT2D eigenvalue weighted by molar-refractivity contribution is 7.18. The van der Waals surface area contributed by atoms with Crippen molar-refractivity contribution in [1.29, 1.82) is 0 Å². The number of amides is 1. The number of primary amides is 1. The van der Waals surface area contributed by atoms with Crippen molar-refractivity contribution in [2.45, 2.75) is 6.92 Å². The van der Waals surface area contributed by atoms with Gasteiger partial charge in [-0.25, -0.2) is 9.97 Å². The summed E-state index contributed by atoms with van der Waals surface area (Å²) in [4.78, 5) is 26.0. The predicted molar refractivity (Wildman–Crippen MR) is 98.3 cm³/mol. The molecule has 0 saturated carbocycles. The van der Waals surface area contributed by atoms with Crippen LogP contribution in [0.4, 0.5) is 0 Å². The molecular formula is C18H15N5OS. The van der Waals surface area contributed by atoms with Crippen molar-refractivity contribution in [1.82, 2.24) is 19.5 Å². The molecule has 0 fully saturated rings. The van der Waals surface area contributed by atoms with Crippen molar-refractivity contribution in [3.8, 4) is 21.1 Å². The normalized spacial score (nSPS) is 11.1. The molecule has 0 aliphatic carbocycles. The van der Waals surface area contributed by atoms with Crippen LogP contribution in [-0.4, -0.2) is 25.4 Å². The maximum atomic E-state index is 11.5. The van der Waals surface area contributed by atoms with Crippen LogP contribution in [0.1, 0.15) is 16.2 Å². The summed E-state index contributed by atoms with van der Waals surface area (Å²) in [7, 11) is 1.79. The second-order valence-electron chi connectivity index (χ2n) is 5.74. The first-order valence-corrected chi connectivity index (χ1v) is 8.50. The average molecular weight is 349 g/mol. The smallest absolute Gasteiger partial charge is 0.265 e. The van der Waals surface area contributed by atoms with Crippen molar-refractivity contribution in [2.75, 3.05) is 0 Å². The Balaban J connectivity index is 1.84. The minimum atomic E-state index is -0.463. The van der Waals surface area contributed by atoms with Gasteiger partial charge in [-0.15, -0.1) is 11.3 Å². The average Bonchev–Trinajstić information content (AvgIpc) is 3.16. The fourth-order valence-electron chi connectivity index (χ4n) is 2.81. The Labute approximate surface area is 148 Å². The number of aromatic nitrogens is 4. The third kappa shape index (κ3) is 2.58. The van der Waals surface area contributed by atoms with E-state index in [4.69, 9.17) is 10.7 Å². The van der Waals surface area contributed by atoms with Gasteiger partial charge >= 0.3 is 0 Å². The molecule has 2 N–H and O–H groups in total. The molecule has 4 rings (SSSR count). The van der Waals surface area contributed by atoms with Gasteiger partial charge in [0.2, 0.25) is 0 Å². The molecule has 7 heteroatoms. The summed E-state index contributed by atoms with van der Waals surface area (Å²) < 4.78 is 1.72. The molecule has 0 unspecified atom stereocenters. The first kappa shape index (κ1) is 15.5. The zero-order valence-corrected chi connectivity index (χ0v) is 14.5. The van der Waals surface area contributed by atoms with Gasteiger partial charge in [0.15, 0.2) is 0 Å². The number of pyridine rings is 2. The number of fused-ring (bicyclic) bond motifs is 1. The van der Waals surface area contributed by atoms with Gasteiger partial charge in [-0.2, -0.15) is 0 Å². The van der Waals surface area contributed by atoms with E-state index in [1.807, 2.05) is 31.2 Å². The molecule has 124 valence electrons. The van der Waals surface area contributed by atoms with Gasteiger partial charge < -0.3 is 10.3 Å². The summed E-state index contributed by atoms with van der Waals surface area (Å²) in [6, 6.07) is 9.54. The van der Waals surface area contributed by atoms with Crippen molar-refractivity contribution < 1.29 is 4.79 Å². The summed E-state index contributed by atoms with van der Waals surface area (Å²) >= 11 is 1.58. The molecule has 25 heavy (non-hydrogen) atoms. The fraction of sp³-hybridized carbons (Fsp3) is 0.111. The highest BCUT2D eigenvalue weighted by atomic mass is 32.1. The summed E-state index contributed by atoms with van der Waals surface area (Å²) in [5.74, 6) is -0.463. The molecular weight excluding hydrogens is 334 g/mol. The molecule has 4 aromatic heterocycles. The lowest BCUT2D eigenvalue weighted by Crippen LogP contribution is -2.15. The van der Waals surface area contributed by atoms with Crippen molar-refractivity contribution in [3.63, 3.8) is 0 Å². The van der Waals surface area contributed by atoms with E-state index in [2.05, 4.69) is 9.97 Å². The summed E-state index contributed by atoms with van der Waals surface area (Å²) in [5, 5.41) is 1.79. The van der Waals surface area contributed by atoms with Gasteiger partial charge in [-0.1, -0.05) is 0 Å². The van der Waals surface area contributed by atoms with Crippen LogP contribution in [0.25, 0.3) is 32.2 Å². The van der Waals surface area contributed by atoms with Crippen molar-refractivity contribution in [3.05, 3.63) is 54.1 Å². The SMILES string of the molecule is Cc1nc(-c2cccnc2)sc1-c1ccc2cc(C(N)=O)n(C)c2n1. The number of carbonyl (C=O) groups is 1. The molecule has 0 aliphatic rings. The molecule has 0 aliphatic heterocycles. The summed E-state index contributed by atoms with van der Waals surface area (Å²) in [5.41, 5.74) is 9.31. The Morgan fingerprint density at radius 3 is 2.80 bits per heavy atom. The quantitative estimate of drug-likeness (QED) is 0.615. The number of rotatable bonds is 3. The predicted octanol–water partition coefficient (Wildman–Crippen LogP) is 3.17. The molecule has 4 aromatic rings. The first-order valence-electron chi connectivity index (χ1n) is 7.69.